The van der Waals surface area contributed by atoms with Crippen LogP contribution in [0, 0.1) is 18.8 Å². The quantitative estimate of drug-likeness (QED) is 0.156. The Morgan fingerprint density at radius 1 is 0.720 bits per heavy atom. The predicted octanol–water partition coefficient (Wildman–Crippen LogP) is 11.0. The van der Waals surface area contributed by atoms with E-state index >= 15 is 0 Å². The second-order valence-corrected chi connectivity index (χ2v) is 12.7. The third-order valence-electron chi connectivity index (χ3n) is 8.70. The van der Waals surface area contributed by atoms with Crippen LogP contribution in [0.25, 0.3) is 50.1 Å². The van der Waals surface area contributed by atoms with E-state index in [4.69, 9.17) is 4.42 Å². The molecule has 0 atom stereocenters. The molecule has 1 aliphatic rings. The van der Waals surface area contributed by atoms with Crippen molar-refractivity contribution in [3.63, 3.8) is 0 Å². The number of furan rings is 1. The van der Waals surface area contributed by atoms with Crippen molar-refractivity contribution in [3.05, 3.63) is 158 Å². The van der Waals surface area contributed by atoms with E-state index in [2.05, 4.69) is 110 Å². The number of anilines is 1. The van der Waals surface area contributed by atoms with Gasteiger partial charge in [0, 0.05) is 69.3 Å². The van der Waals surface area contributed by atoms with Crippen molar-refractivity contribution in [1.29, 1.82) is 0 Å². The second-order valence-electron chi connectivity index (χ2n) is 12.7. The first kappa shape index (κ1) is 37.0. The fourth-order valence-electron chi connectivity index (χ4n) is 6.30. The molecule has 1 aliphatic heterocycles. The van der Waals surface area contributed by atoms with Crippen LogP contribution in [-0.2, 0) is 40.2 Å². The van der Waals surface area contributed by atoms with Crippen molar-refractivity contribution in [3.8, 4) is 28.2 Å². The summed E-state index contributed by atoms with van der Waals surface area (Å²) in [6, 6.07) is 42.1. The molecule has 2 radical (unpaired) electrons. The SMILES string of the molecule is CC(C)c1cc(-c2ccccc2)cc(C(C)C)c1-n1ccnc1-c1[c-]cccc1.CN1C=CN(c2[c-]ccc3c2oc2ccccc23)[CH-]1.[Ir].[Ir]. The van der Waals surface area contributed by atoms with Gasteiger partial charge >= 0.3 is 0 Å². The first-order valence-corrected chi connectivity index (χ1v) is 16.5. The van der Waals surface area contributed by atoms with E-state index in [-0.39, 0.29) is 40.2 Å². The zero-order valence-electron chi connectivity index (χ0n) is 28.7. The van der Waals surface area contributed by atoms with Gasteiger partial charge in [-0.25, -0.2) is 0 Å². The van der Waals surface area contributed by atoms with Gasteiger partial charge < -0.3 is 18.8 Å². The predicted molar refractivity (Wildman–Crippen MR) is 198 cm³/mol. The van der Waals surface area contributed by atoms with Crippen LogP contribution >= 0.6 is 0 Å². The average molecular weight is 1010 g/mol. The molecule has 0 spiro atoms. The molecule has 0 aliphatic carbocycles. The maximum absolute atomic E-state index is 5.99. The molecule has 0 saturated heterocycles. The van der Waals surface area contributed by atoms with E-state index in [0.717, 1.165) is 39.0 Å². The smallest absolute Gasteiger partial charge is 0.116 e. The Bertz CT molecular complexity index is 2170. The zero-order valence-corrected chi connectivity index (χ0v) is 33.5. The number of hydrogen-bond acceptors (Lipinski definition) is 4. The number of para-hydroxylation sites is 1. The molecular formula is C43H39Ir2N4O-3. The molecule has 5 aromatic carbocycles. The van der Waals surface area contributed by atoms with Crippen LogP contribution in [0.5, 0.6) is 0 Å². The van der Waals surface area contributed by atoms with Gasteiger partial charge in [0.05, 0.1) is 5.82 Å². The second kappa shape index (κ2) is 16.2. The van der Waals surface area contributed by atoms with E-state index < -0.39 is 0 Å². The number of nitrogens with zero attached hydrogens (tertiary/aromatic N) is 4. The summed E-state index contributed by atoms with van der Waals surface area (Å²) in [5.74, 6) is 1.71. The number of benzene rings is 5. The van der Waals surface area contributed by atoms with Gasteiger partial charge in [-0.15, -0.1) is 35.9 Å². The summed E-state index contributed by atoms with van der Waals surface area (Å²) in [6.07, 6.45) is 7.95. The molecule has 0 bridgehead atoms. The monoisotopic (exact) mass is 1010 g/mol. The topological polar surface area (TPSA) is 37.4 Å². The minimum atomic E-state index is 0. The molecule has 0 amide bonds. The zero-order chi connectivity index (χ0) is 33.2. The summed E-state index contributed by atoms with van der Waals surface area (Å²) in [6.45, 7) is 11.1. The molecule has 0 unspecified atom stereocenters. The maximum Gasteiger partial charge on any atom is 0.116 e. The van der Waals surface area contributed by atoms with Crippen LogP contribution in [-0.4, -0.2) is 21.5 Å². The minimum absolute atomic E-state index is 0. The standard InChI is InChI=1S/C27H27N2.C16H12N2O.2Ir/c1-19(2)24-17-23(21-11-7-5-8-12-21)18-25(20(3)4)26(24)29-16-15-28-27(29)22-13-9-6-10-14-22;1-17-9-10-18(11-17)14-7-4-6-13-12-5-2-3-8-15(12)19-16(13)14;;/h5-13,15-20H,1-4H3;2-6,8-11H,1H3;;/q-1;-2;;. The van der Waals surface area contributed by atoms with E-state index in [0.29, 0.717) is 11.8 Å². The minimum Gasteiger partial charge on any atom is -0.514 e. The van der Waals surface area contributed by atoms with Gasteiger partial charge in [-0.3, -0.25) is 4.98 Å². The summed E-state index contributed by atoms with van der Waals surface area (Å²) in [4.78, 5) is 8.69. The molecule has 0 saturated carbocycles. The largest absolute Gasteiger partial charge is 0.514 e. The van der Waals surface area contributed by atoms with E-state index in [1.807, 2.05) is 90.6 Å². The van der Waals surface area contributed by atoms with Crippen molar-refractivity contribution in [2.45, 2.75) is 39.5 Å². The molecule has 258 valence electrons. The van der Waals surface area contributed by atoms with Crippen LogP contribution in [0.1, 0.15) is 50.7 Å². The molecular weight excluding hydrogens is 973 g/mol. The van der Waals surface area contributed by atoms with Gasteiger partial charge in [0.2, 0.25) is 0 Å². The fraction of sp³-hybridized carbons (Fsp3) is 0.163. The van der Waals surface area contributed by atoms with Gasteiger partial charge in [-0.05, 0) is 71.7 Å². The van der Waals surface area contributed by atoms with E-state index in [1.165, 1.54) is 27.9 Å². The Hall–Kier alpha value is -4.25. The third kappa shape index (κ3) is 7.43. The van der Waals surface area contributed by atoms with E-state index in [1.54, 1.807) is 0 Å². The molecule has 8 rings (SSSR count). The first-order valence-electron chi connectivity index (χ1n) is 16.5. The van der Waals surface area contributed by atoms with E-state index in [9.17, 15) is 0 Å². The van der Waals surface area contributed by atoms with Gasteiger partial charge in [0.15, 0.2) is 0 Å². The Morgan fingerprint density at radius 3 is 2.08 bits per heavy atom. The number of aromatic nitrogens is 2. The van der Waals surface area contributed by atoms with Gasteiger partial charge in [0.25, 0.3) is 0 Å². The Kier molecular flexibility index (Phi) is 12.0. The Balaban J connectivity index is 0.000000201. The summed E-state index contributed by atoms with van der Waals surface area (Å²) < 4.78 is 8.23. The van der Waals surface area contributed by atoms with Crippen LogP contribution in [0.3, 0.4) is 0 Å². The van der Waals surface area contributed by atoms with Crippen molar-refractivity contribution in [1.82, 2.24) is 14.5 Å². The molecule has 7 heteroatoms. The molecule has 50 heavy (non-hydrogen) atoms. The Morgan fingerprint density at radius 2 is 1.42 bits per heavy atom. The summed E-state index contributed by atoms with van der Waals surface area (Å²) in [7, 11) is 2.00. The van der Waals surface area contributed by atoms with Crippen LogP contribution in [0.4, 0.5) is 5.69 Å². The number of rotatable bonds is 6. The van der Waals surface area contributed by atoms with Crippen LogP contribution in [0.2, 0.25) is 0 Å². The van der Waals surface area contributed by atoms with Crippen molar-refractivity contribution < 1.29 is 44.6 Å². The van der Waals surface area contributed by atoms with Crippen molar-refractivity contribution in [2.75, 3.05) is 11.9 Å². The van der Waals surface area contributed by atoms with Gasteiger partial charge in [-0.1, -0.05) is 87.3 Å². The van der Waals surface area contributed by atoms with Gasteiger partial charge in [0.1, 0.15) is 5.58 Å². The molecule has 2 aromatic heterocycles. The number of imidazole rings is 1. The fourth-order valence-corrected chi connectivity index (χ4v) is 6.30. The number of hydrogen-bond donors (Lipinski definition) is 0. The summed E-state index contributed by atoms with van der Waals surface area (Å²) in [5, 5.41) is 2.27. The molecule has 5 nitrogen and oxygen atoms in total. The van der Waals surface area contributed by atoms with Gasteiger partial charge in [-0.2, -0.15) is 24.9 Å². The van der Waals surface area contributed by atoms with Crippen LogP contribution in [0.15, 0.2) is 132 Å². The maximum atomic E-state index is 5.99. The summed E-state index contributed by atoms with van der Waals surface area (Å²) >= 11 is 0. The average Bonchev–Trinajstić information content (AvgIpc) is 3.87. The summed E-state index contributed by atoms with van der Waals surface area (Å²) in [5.41, 5.74) is 10.2. The Labute approximate surface area is 322 Å². The molecule has 0 N–H and O–H groups in total. The third-order valence-corrected chi connectivity index (χ3v) is 8.70. The molecule has 3 heterocycles. The molecule has 0 fully saturated rings. The first-order chi connectivity index (χ1) is 23.4. The normalized spacial score (nSPS) is 12.3. The molecule has 7 aromatic rings. The number of fused-ring (bicyclic) bond motifs is 3. The van der Waals surface area contributed by atoms with Crippen molar-refractivity contribution >= 4 is 27.6 Å². The van der Waals surface area contributed by atoms with Crippen molar-refractivity contribution in [2.24, 2.45) is 0 Å². The van der Waals surface area contributed by atoms with Crippen LogP contribution < -0.4 is 4.90 Å².